The molecule has 0 spiro atoms. The zero-order chi connectivity index (χ0) is 17.4. The Balaban J connectivity index is 1.54. The van der Waals surface area contributed by atoms with Gasteiger partial charge in [0.05, 0.1) is 0 Å². The Kier molecular flexibility index (Phi) is 4.24. The molecule has 4 rings (SSSR count). The number of fused-ring (bicyclic) bond motifs is 1. The van der Waals surface area contributed by atoms with Crippen molar-refractivity contribution in [1.82, 2.24) is 14.8 Å². The molecule has 2 atom stereocenters. The summed E-state index contributed by atoms with van der Waals surface area (Å²) < 4.78 is 0. The Bertz CT molecular complexity index is 797. The molecule has 0 aliphatic carbocycles. The van der Waals surface area contributed by atoms with E-state index in [1.54, 1.807) is 4.90 Å². The number of nitrogens with zero attached hydrogens (tertiary/aromatic N) is 2. The minimum absolute atomic E-state index is 0.0914. The van der Waals surface area contributed by atoms with Gasteiger partial charge in [0.1, 0.15) is 6.04 Å². The van der Waals surface area contributed by atoms with Crippen molar-refractivity contribution in [3.8, 4) is 0 Å². The average Bonchev–Trinajstić information content (AvgIpc) is 3.19. The number of likely N-dealkylation sites (tertiary alicyclic amines) is 2. The Morgan fingerprint density at radius 2 is 2.12 bits per heavy atom. The smallest absolute Gasteiger partial charge is 0.245 e. The summed E-state index contributed by atoms with van der Waals surface area (Å²) in [7, 11) is 0. The summed E-state index contributed by atoms with van der Waals surface area (Å²) in [4.78, 5) is 32.5. The van der Waals surface area contributed by atoms with Crippen molar-refractivity contribution < 1.29 is 9.59 Å². The first kappa shape index (κ1) is 16.2. The molecule has 0 saturated carbocycles. The summed E-state index contributed by atoms with van der Waals surface area (Å²) in [6.07, 6.45) is 5.33. The monoisotopic (exact) mass is 339 g/mol. The lowest BCUT2D eigenvalue weighted by Gasteiger charge is -2.35. The van der Waals surface area contributed by atoms with E-state index in [1.807, 2.05) is 29.3 Å². The number of aromatic nitrogens is 1. The molecule has 132 valence electrons. The summed E-state index contributed by atoms with van der Waals surface area (Å²) in [6, 6.07) is 7.79. The van der Waals surface area contributed by atoms with Gasteiger partial charge in [0.2, 0.25) is 11.8 Å². The van der Waals surface area contributed by atoms with Crippen LogP contribution in [0.1, 0.15) is 38.2 Å². The first-order chi connectivity index (χ1) is 12.1. The molecule has 1 aromatic carbocycles. The van der Waals surface area contributed by atoms with Crippen LogP contribution in [-0.4, -0.2) is 45.7 Å². The molecule has 1 N–H and O–H groups in total. The normalized spacial score (nSPS) is 24.3. The Morgan fingerprint density at radius 3 is 2.96 bits per heavy atom. The van der Waals surface area contributed by atoms with Crippen molar-refractivity contribution in [2.75, 3.05) is 13.1 Å². The predicted molar refractivity (Wildman–Crippen MR) is 96.8 cm³/mol. The van der Waals surface area contributed by atoms with Crippen LogP contribution in [0.25, 0.3) is 10.9 Å². The van der Waals surface area contributed by atoms with E-state index < -0.39 is 0 Å². The van der Waals surface area contributed by atoms with Gasteiger partial charge >= 0.3 is 0 Å². The van der Waals surface area contributed by atoms with E-state index in [9.17, 15) is 9.59 Å². The van der Waals surface area contributed by atoms with Crippen molar-refractivity contribution in [1.29, 1.82) is 0 Å². The average molecular weight is 339 g/mol. The molecule has 5 nitrogen and oxygen atoms in total. The van der Waals surface area contributed by atoms with Gasteiger partial charge in [-0.25, -0.2) is 0 Å². The molecule has 5 heteroatoms. The van der Waals surface area contributed by atoms with Crippen LogP contribution in [-0.2, 0) is 16.1 Å². The van der Waals surface area contributed by atoms with Crippen molar-refractivity contribution >= 4 is 22.7 Å². The Morgan fingerprint density at radius 1 is 1.28 bits per heavy atom. The number of piperidine rings is 1. The summed E-state index contributed by atoms with van der Waals surface area (Å²) in [5.41, 5.74) is 2.15. The van der Waals surface area contributed by atoms with Gasteiger partial charge in [-0.05, 0) is 36.8 Å². The molecule has 2 aliphatic rings. The zero-order valence-corrected chi connectivity index (χ0v) is 14.7. The second-order valence-electron chi connectivity index (χ2n) is 7.47. The number of hydrogen-bond donors (Lipinski definition) is 1. The van der Waals surface area contributed by atoms with Gasteiger partial charge in [0, 0.05) is 43.2 Å². The fourth-order valence-electron chi connectivity index (χ4n) is 4.23. The molecule has 2 saturated heterocycles. The summed E-state index contributed by atoms with van der Waals surface area (Å²) in [5.74, 6) is 0.780. The second kappa shape index (κ2) is 6.54. The van der Waals surface area contributed by atoms with E-state index in [4.69, 9.17) is 0 Å². The lowest BCUT2D eigenvalue weighted by atomic mass is 9.99. The van der Waals surface area contributed by atoms with Crippen LogP contribution in [0.3, 0.4) is 0 Å². The molecular weight excluding hydrogens is 314 g/mol. The maximum absolute atomic E-state index is 13.0. The fraction of sp³-hybridized carbons (Fsp3) is 0.500. The van der Waals surface area contributed by atoms with Crippen LogP contribution >= 0.6 is 0 Å². The van der Waals surface area contributed by atoms with Gasteiger partial charge in [-0.1, -0.05) is 25.1 Å². The number of nitrogens with one attached hydrogen (secondary N) is 1. The highest BCUT2D eigenvalue weighted by Gasteiger charge is 2.39. The Labute approximate surface area is 148 Å². The molecule has 2 amide bonds. The quantitative estimate of drug-likeness (QED) is 0.935. The van der Waals surface area contributed by atoms with Gasteiger partial charge < -0.3 is 14.8 Å². The lowest BCUT2D eigenvalue weighted by molar-refractivity contribution is -0.143. The molecule has 3 heterocycles. The molecule has 2 aromatic rings. The number of benzene rings is 1. The number of rotatable bonds is 3. The highest BCUT2D eigenvalue weighted by atomic mass is 16.2. The first-order valence-electron chi connectivity index (χ1n) is 9.26. The van der Waals surface area contributed by atoms with E-state index >= 15 is 0 Å². The van der Waals surface area contributed by atoms with Crippen LogP contribution in [0.4, 0.5) is 0 Å². The van der Waals surface area contributed by atoms with Crippen molar-refractivity contribution in [2.24, 2.45) is 5.92 Å². The number of carbonyl (C=O) groups excluding carboxylic acids is 2. The number of carbonyl (C=O) groups is 2. The first-order valence-corrected chi connectivity index (χ1v) is 9.26. The molecule has 1 aromatic heterocycles. The van der Waals surface area contributed by atoms with Crippen molar-refractivity contribution in [3.05, 3.63) is 36.0 Å². The second-order valence-corrected chi connectivity index (χ2v) is 7.47. The number of amides is 2. The van der Waals surface area contributed by atoms with E-state index in [-0.39, 0.29) is 17.9 Å². The number of para-hydroxylation sites is 1. The number of hydrogen-bond acceptors (Lipinski definition) is 2. The third kappa shape index (κ3) is 3.03. The molecule has 0 unspecified atom stereocenters. The van der Waals surface area contributed by atoms with Gasteiger partial charge in [-0.2, -0.15) is 0 Å². The van der Waals surface area contributed by atoms with Crippen LogP contribution in [0, 0.1) is 5.92 Å². The Hall–Kier alpha value is -2.30. The van der Waals surface area contributed by atoms with Crippen LogP contribution < -0.4 is 0 Å². The minimum atomic E-state index is -0.300. The highest BCUT2D eigenvalue weighted by molar-refractivity contribution is 5.91. The summed E-state index contributed by atoms with van der Waals surface area (Å²) in [5, 5.41) is 1.12. The van der Waals surface area contributed by atoms with E-state index in [1.165, 1.54) is 6.42 Å². The van der Waals surface area contributed by atoms with Gasteiger partial charge in [-0.15, -0.1) is 0 Å². The maximum atomic E-state index is 13.0. The van der Waals surface area contributed by atoms with Crippen molar-refractivity contribution in [2.45, 2.75) is 45.2 Å². The molecule has 2 fully saturated rings. The van der Waals surface area contributed by atoms with Crippen molar-refractivity contribution in [3.63, 3.8) is 0 Å². The predicted octanol–water partition coefficient (Wildman–Crippen LogP) is 2.92. The van der Waals surface area contributed by atoms with Gasteiger partial charge in [0.15, 0.2) is 0 Å². The third-order valence-corrected chi connectivity index (χ3v) is 5.60. The van der Waals surface area contributed by atoms with E-state index in [2.05, 4.69) is 18.0 Å². The van der Waals surface area contributed by atoms with Crippen LogP contribution in [0.15, 0.2) is 30.5 Å². The number of aromatic amines is 1. The highest BCUT2D eigenvalue weighted by Crippen LogP contribution is 2.27. The lowest BCUT2D eigenvalue weighted by Crippen LogP contribution is -2.49. The van der Waals surface area contributed by atoms with Gasteiger partial charge in [-0.3, -0.25) is 9.59 Å². The topological polar surface area (TPSA) is 56.4 Å². The van der Waals surface area contributed by atoms with E-state index in [0.717, 1.165) is 36.0 Å². The zero-order valence-electron chi connectivity index (χ0n) is 14.7. The summed E-state index contributed by atoms with van der Waals surface area (Å²) in [6.45, 7) is 4.35. The molecule has 0 bridgehead atoms. The standard InChI is InChI=1S/C20H25N3O2/c1-14-5-4-10-22(12-14)20(25)18-8-9-19(24)23(18)13-15-11-21-17-7-3-2-6-16(15)17/h2-3,6-7,11,14,18,21H,4-5,8-10,12-13H2,1H3/t14-,18+/m0/s1. The molecule has 25 heavy (non-hydrogen) atoms. The molecular formula is C20H25N3O2. The SMILES string of the molecule is C[C@H]1CCCN(C(=O)[C@H]2CCC(=O)N2Cc2c[nH]c3ccccc23)C1. The third-order valence-electron chi connectivity index (χ3n) is 5.60. The van der Waals surface area contributed by atoms with Crippen LogP contribution in [0.5, 0.6) is 0 Å². The van der Waals surface area contributed by atoms with Gasteiger partial charge in [0.25, 0.3) is 0 Å². The van der Waals surface area contributed by atoms with Crippen LogP contribution in [0.2, 0.25) is 0 Å². The summed E-state index contributed by atoms with van der Waals surface area (Å²) >= 11 is 0. The largest absolute Gasteiger partial charge is 0.361 e. The number of H-pyrrole nitrogens is 1. The fourth-order valence-corrected chi connectivity index (χ4v) is 4.23. The minimum Gasteiger partial charge on any atom is -0.361 e. The molecule has 0 radical (unpaired) electrons. The molecule has 2 aliphatic heterocycles. The maximum Gasteiger partial charge on any atom is 0.245 e. The van der Waals surface area contributed by atoms with E-state index in [0.29, 0.717) is 25.3 Å².